The van der Waals surface area contributed by atoms with Crippen LogP contribution in [0.3, 0.4) is 0 Å². The topological polar surface area (TPSA) is 43.9 Å². The molecule has 3 aliphatic rings. The van der Waals surface area contributed by atoms with Crippen LogP contribution in [0.15, 0.2) is 18.2 Å². The van der Waals surface area contributed by atoms with Crippen LogP contribution in [0, 0.1) is 19.3 Å². The van der Waals surface area contributed by atoms with Crippen LogP contribution in [0.5, 0.6) is 0 Å². The summed E-state index contributed by atoms with van der Waals surface area (Å²) < 4.78 is 0. The molecule has 0 atom stereocenters. The smallest absolute Gasteiger partial charge is 0.238 e. The van der Waals surface area contributed by atoms with Crippen molar-refractivity contribution in [2.45, 2.75) is 46.0 Å². The minimum absolute atomic E-state index is 0.0821. The molecule has 1 saturated carbocycles. The van der Waals surface area contributed by atoms with E-state index in [1.807, 2.05) is 9.80 Å². The number of amides is 2. The van der Waals surface area contributed by atoms with Gasteiger partial charge in [0.1, 0.15) is 5.41 Å². The number of rotatable bonds is 3. The predicted octanol–water partition coefficient (Wildman–Crippen LogP) is 2.74. The number of piperidine rings is 1. The number of carbonyl (C=O) groups excluding carboxylic acids is 2. The van der Waals surface area contributed by atoms with Crippen LogP contribution >= 0.6 is 0 Å². The average Bonchev–Trinajstić information content (AvgIpc) is 3.52. The molecule has 5 heteroatoms. The van der Waals surface area contributed by atoms with E-state index in [0.717, 1.165) is 51.9 Å². The number of anilines is 1. The number of hydrogen-bond donors (Lipinski definition) is 0. The zero-order valence-corrected chi connectivity index (χ0v) is 16.7. The molecule has 0 unspecified atom stereocenters. The van der Waals surface area contributed by atoms with Gasteiger partial charge in [-0.1, -0.05) is 12.1 Å². The van der Waals surface area contributed by atoms with E-state index in [4.69, 9.17) is 0 Å². The lowest BCUT2D eigenvalue weighted by Gasteiger charge is -2.39. The molecule has 0 radical (unpaired) electrons. The van der Waals surface area contributed by atoms with Gasteiger partial charge in [0.05, 0.1) is 0 Å². The van der Waals surface area contributed by atoms with E-state index in [1.165, 1.54) is 23.2 Å². The molecule has 3 fully saturated rings. The van der Waals surface area contributed by atoms with Gasteiger partial charge in [-0.25, -0.2) is 0 Å². The number of carbonyl (C=O) groups is 2. The van der Waals surface area contributed by atoms with E-state index in [-0.39, 0.29) is 11.8 Å². The SMILES string of the molecule is Cc1cccc(N2CCN(C(=O)C3(C(=O)N4CCCCC4)CC3)CC2)c1C. The van der Waals surface area contributed by atoms with Gasteiger partial charge in [-0.3, -0.25) is 9.59 Å². The van der Waals surface area contributed by atoms with Gasteiger partial charge in [-0.15, -0.1) is 0 Å². The Morgan fingerprint density at radius 1 is 0.815 bits per heavy atom. The summed E-state index contributed by atoms with van der Waals surface area (Å²) in [5.74, 6) is 0.183. The minimum Gasteiger partial charge on any atom is -0.368 e. The van der Waals surface area contributed by atoms with Gasteiger partial charge < -0.3 is 14.7 Å². The van der Waals surface area contributed by atoms with Crippen molar-refractivity contribution in [3.05, 3.63) is 29.3 Å². The van der Waals surface area contributed by atoms with E-state index in [0.29, 0.717) is 13.1 Å². The van der Waals surface area contributed by atoms with Gasteiger partial charge in [0, 0.05) is 45.0 Å². The van der Waals surface area contributed by atoms with E-state index in [9.17, 15) is 9.59 Å². The molecule has 1 aliphatic carbocycles. The summed E-state index contributed by atoms with van der Waals surface area (Å²) in [6, 6.07) is 6.41. The van der Waals surface area contributed by atoms with Crippen LogP contribution in [0.4, 0.5) is 5.69 Å². The fourth-order valence-corrected chi connectivity index (χ4v) is 4.58. The third-order valence-corrected chi connectivity index (χ3v) is 6.70. The fraction of sp³-hybridized carbons (Fsp3) is 0.636. The molecule has 2 heterocycles. The molecule has 0 aromatic heterocycles. The van der Waals surface area contributed by atoms with Crippen molar-refractivity contribution in [2.24, 2.45) is 5.41 Å². The molecule has 27 heavy (non-hydrogen) atoms. The quantitative estimate of drug-likeness (QED) is 0.770. The van der Waals surface area contributed by atoms with Gasteiger partial charge in [0.15, 0.2) is 0 Å². The van der Waals surface area contributed by atoms with Crippen molar-refractivity contribution in [1.29, 1.82) is 0 Å². The predicted molar refractivity (Wildman–Crippen MR) is 107 cm³/mol. The van der Waals surface area contributed by atoms with Crippen molar-refractivity contribution in [1.82, 2.24) is 9.80 Å². The summed E-state index contributed by atoms with van der Waals surface area (Å²) in [6.07, 6.45) is 4.82. The molecular weight excluding hydrogens is 338 g/mol. The summed E-state index contributed by atoms with van der Waals surface area (Å²) >= 11 is 0. The Bertz CT molecular complexity index is 727. The molecule has 2 saturated heterocycles. The summed E-state index contributed by atoms with van der Waals surface area (Å²) in [5, 5.41) is 0. The fourth-order valence-electron chi connectivity index (χ4n) is 4.58. The monoisotopic (exact) mass is 369 g/mol. The van der Waals surface area contributed by atoms with Crippen molar-refractivity contribution < 1.29 is 9.59 Å². The van der Waals surface area contributed by atoms with Crippen molar-refractivity contribution in [3.63, 3.8) is 0 Å². The lowest BCUT2D eigenvalue weighted by atomic mass is 10.00. The maximum atomic E-state index is 13.2. The Kier molecular flexibility index (Phi) is 4.87. The molecule has 1 aromatic rings. The third-order valence-electron chi connectivity index (χ3n) is 6.70. The van der Waals surface area contributed by atoms with Crippen LogP contribution in [-0.2, 0) is 9.59 Å². The number of hydrogen-bond acceptors (Lipinski definition) is 3. The first-order chi connectivity index (χ1) is 13.0. The Balaban J connectivity index is 1.40. The van der Waals surface area contributed by atoms with Crippen LogP contribution in [0.2, 0.25) is 0 Å². The number of likely N-dealkylation sites (tertiary alicyclic amines) is 1. The second-order valence-corrected chi connectivity index (χ2v) is 8.43. The molecule has 1 aromatic carbocycles. The minimum atomic E-state index is -0.723. The summed E-state index contributed by atoms with van der Waals surface area (Å²) in [7, 11) is 0. The van der Waals surface area contributed by atoms with Gasteiger partial charge in [0.2, 0.25) is 11.8 Å². The van der Waals surface area contributed by atoms with Crippen molar-refractivity contribution in [3.8, 4) is 0 Å². The van der Waals surface area contributed by atoms with Crippen LogP contribution in [-0.4, -0.2) is 60.9 Å². The first-order valence-electron chi connectivity index (χ1n) is 10.4. The Labute approximate surface area is 162 Å². The van der Waals surface area contributed by atoms with E-state index >= 15 is 0 Å². The first-order valence-corrected chi connectivity index (χ1v) is 10.4. The normalized spacial score (nSPS) is 21.9. The zero-order valence-electron chi connectivity index (χ0n) is 16.7. The molecule has 0 bridgehead atoms. The van der Waals surface area contributed by atoms with Gasteiger partial charge >= 0.3 is 0 Å². The highest BCUT2D eigenvalue weighted by Gasteiger charge is 2.59. The molecule has 2 aliphatic heterocycles. The highest BCUT2D eigenvalue weighted by Crippen LogP contribution is 2.49. The lowest BCUT2D eigenvalue weighted by molar-refractivity contribution is -0.150. The molecule has 146 valence electrons. The number of nitrogens with zero attached hydrogens (tertiary/aromatic N) is 3. The standard InChI is InChI=1S/C22H31N3O2/c1-17-7-6-8-19(18(17)2)23-13-15-25(16-14-23)21(27)22(9-10-22)20(26)24-11-4-3-5-12-24/h6-8H,3-5,9-16H2,1-2H3. The molecule has 0 spiro atoms. The molecule has 2 amide bonds. The number of piperazine rings is 1. The van der Waals surface area contributed by atoms with Crippen LogP contribution < -0.4 is 4.90 Å². The average molecular weight is 370 g/mol. The second kappa shape index (κ2) is 7.17. The number of benzene rings is 1. The van der Waals surface area contributed by atoms with Crippen molar-refractivity contribution in [2.75, 3.05) is 44.2 Å². The highest BCUT2D eigenvalue weighted by molar-refractivity contribution is 6.08. The maximum absolute atomic E-state index is 13.2. The largest absolute Gasteiger partial charge is 0.368 e. The summed E-state index contributed by atoms with van der Waals surface area (Å²) in [5.41, 5.74) is 3.16. The summed E-state index contributed by atoms with van der Waals surface area (Å²) in [6.45, 7) is 9.05. The zero-order chi connectivity index (χ0) is 19.0. The Morgan fingerprint density at radius 3 is 2.00 bits per heavy atom. The molecule has 0 N–H and O–H groups in total. The summed E-state index contributed by atoms with van der Waals surface area (Å²) in [4.78, 5) is 32.5. The third kappa shape index (κ3) is 3.32. The lowest BCUT2D eigenvalue weighted by Crippen LogP contribution is -2.54. The van der Waals surface area contributed by atoms with Crippen LogP contribution in [0.25, 0.3) is 0 Å². The Morgan fingerprint density at radius 2 is 1.41 bits per heavy atom. The first kappa shape index (κ1) is 18.3. The molecule has 5 nitrogen and oxygen atoms in total. The van der Waals surface area contributed by atoms with E-state index in [1.54, 1.807) is 0 Å². The van der Waals surface area contributed by atoms with Gasteiger partial charge in [0.25, 0.3) is 0 Å². The maximum Gasteiger partial charge on any atom is 0.238 e. The second-order valence-electron chi connectivity index (χ2n) is 8.43. The molecule has 4 rings (SSSR count). The van der Waals surface area contributed by atoms with E-state index < -0.39 is 5.41 Å². The van der Waals surface area contributed by atoms with Crippen molar-refractivity contribution >= 4 is 17.5 Å². The number of aryl methyl sites for hydroxylation is 1. The van der Waals surface area contributed by atoms with Gasteiger partial charge in [-0.05, 0) is 63.1 Å². The highest BCUT2D eigenvalue weighted by atomic mass is 16.2. The van der Waals surface area contributed by atoms with Gasteiger partial charge in [-0.2, -0.15) is 0 Å². The Hall–Kier alpha value is -2.04. The van der Waals surface area contributed by atoms with E-state index in [2.05, 4.69) is 36.9 Å². The van der Waals surface area contributed by atoms with Crippen LogP contribution in [0.1, 0.15) is 43.2 Å². The molecular formula is C22H31N3O2.